The summed E-state index contributed by atoms with van der Waals surface area (Å²) in [6.45, 7) is 7.28. The van der Waals surface area contributed by atoms with Crippen LogP contribution >= 0.6 is 15.9 Å². The number of fused-ring (bicyclic) bond motifs is 1. The highest BCUT2D eigenvalue weighted by Crippen LogP contribution is 2.47. The van der Waals surface area contributed by atoms with Gasteiger partial charge in [0.15, 0.2) is 0 Å². The van der Waals surface area contributed by atoms with Crippen LogP contribution in [-0.2, 0) is 10.2 Å². The van der Waals surface area contributed by atoms with E-state index in [1.165, 1.54) is 4.90 Å². The highest BCUT2D eigenvalue weighted by molar-refractivity contribution is 9.10. The quantitative estimate of drug-likeness (QED) is 0.717. The summed E-state index contributed by atoms with van der Waals surface area (Å²) in [5.41, 5.74) is -0.0577. The van der Waals surface area contributed by atoms with Gasteiger partial charge < -0.3 is 4.74 Å². The van der Waals surface area contributed by atoms with Crippen LogP contribution in [0.1, 0.15) is 39.7 Å². The van der Waals surface area contributed by atoms with E-state index < -0.39 is 23.5 Å². The van der Waals surface area contributed by atoms with Crippen LogP contribution in [0.25, 0.3) is 0 Å². The van der Waals surface area contributed by atoms with Gasteiger partial charge in [0, 0.05) is 22.9 Å². The van der Waals surface area contributed by atoms with E-state index in [2.05, 4.69) is 15.9 Å². The van der Waals surface area contributed by atoms with Crippen molar-refractivity contribution in [3.05, 3.63) is 28.2 Å². The van der Waals surface area contributed by atoms with Crippen LogP contribution in [0, 0.1) is 0 Å². The third-order valence-corrected chi connectivity index (χ3v) is 4.27. The first-order valence-electron chi connectivity index (χ1n) is 7.11. The number of para-hydroxylation sites is 1. The summed E-state index contributed by atoms with van der Waals surface area (Å²) in [5.74, 6) is 0. The van der Waals surface area contributed by atoms with E-state index >= 15 is 0 Å². The number of hydrogen-bond donors (Lipinski definition) is 0. The van der Waals surface area contributed by atoms with Crippen molar-refractivity contribution in [3.8, 4) is 0 Å². The minimum absolute atomic E-state index is 0.185. The minimum Gasteiger partial charge on any atom is -0.443 e. The molecule has 1 unspecified atom stereocenters. The number of carbonyl (C=O) groups is 1. The van der Waals surface area contributed by atoms with Crippen LogP contribution in [0.4, 0.5) is 19.3 Å². The molecule has 1 atom stereocenters. The molecule has 1 aliphatic rings. The summed E-state index contributed by atoms with van der Waals surface area (Å²) >= 11 is 3.42. The van der Waals surface area contributed by atoms with Crippen LogP contribution in [0.5, 0.6) is 0 Å². The molecule has 122 valence electrons. The van der Waals surface area contributed by atoms with Crippen LogP contribution in [0.3, 0.4) is 0 Å². The molecule has 0 aliphatic carbocycles. The first-order chi connectivity index (χ1) is 10.0. The van der Waals surface area contributed by atoms with Crippen molar-refractivity contribution >= 4 is 27.7 Å². The standard InChI is InChI=1S/C16H20BrF2NO2/c1-15(2,3)22-14(21)20-9-16(4,8-12(18)19)10-6-5-7-11(17)13(10)20/h5-7,12H,8-9H2,1-4H3. The van der Waals surface area contributed by atoms with Gasteiger partial charge in [-0.2, -0.15) is 0 Å². The van der Waals surface area contributed by atoms with Gasteiger partial charge in [-0.15, -0.1) is 0 Å². The van der Waals surface area contributed by atoms with E-state index in [4.69, 9.17) is 4.74 Å². The third-order valence-electron chi connectivity index (χ3n) is 3.63. The van der Waals surface area contributed by atoms with E-state index in [0.717, 1.165) is 5.56 Å². The summed E-state index contributed by atoms with van der Waals surface area (Å²) in [5, 5.41) is 0. The van der Waals surface area contributed by atoms with E-state index in [0.29, 0.717) is 10.2 Å². The number of alkyl halides is 2. The Morgan fingerprint density at radius 3 is 2.64 bits per heavy atom. The molecule has 0 saturated heterocycles. The van der Waals surface area contributed by atoms with Gasteiger partial charge >= 0.3 is 6.09 Å². The molecule has 1 aromatic carbocycles. The fourth-order valence-electron chi connectivity index (χ4n) is 2.78. The van der Waals surface area contributed by atoms with Crippen molar-refractivity contribution in [1.29, 1.82) is 0 Å². The summed E-state index contributed by atoms with van der Waals surface area (Å²) < 4.78 is 32.1. The second-order valence-electron chi connectivity index (χ2n) is 6.86. The molecule has 1 aromatic rings. The SMILES string of the molecule is CC(C)(C)OC(=O)N1CC(C)(CC(F)F)c2cccc(Br)c21. The average Bonchev–Trinajstić information content (AvgIpc) is 2.61. The Bertz CT molecular complexity index is 586. The molecule has 1 heterocycles. The summed E-state index contributed by atoms with van der Waals surface area (Å²) in [4.78, 5) is 13.9. The van der Waals surface area contributed by atoms with Crippen molar-refractivity contribution in [2.24, 2.45) is 0 Å². The molecule has 0 spiro atoms. The Hall–Kier alpha value is -1.17. The van der Waals surface area contributed by atoms with E-state index in [1.54, 1.807) is 45.9 Å². The Morgan fingerprint density at radius 1 is 1.45 bits per heavy atom. The zero-order valence-corrected chi connectivity index (χ0v) is 14.7. The third kappa shape index (κ3) is 3.42. The summed E-state index contributed by atoms with van der Waals surface area (Å²) in [7, 11) is 0. The van der Waals surface area contributed by atoms with Gasteiger partial charge in [0.1, 0.15) is 5.60 Å². The highest BCUT2D eigenvalue weighted by Gasteiger charge is 2.45. The van der Waals surface area contributed by atoms with Gasteiger partial charge in [-0.05, 0) is 48.3 Å². The largest absolute Gasteiger partial charge is 0.443 e. The van der Waals surface area contributed by atoms with Crippen LogP contribution in [0.15, 0.2) is 22.7 Å². The van der Waals surface area contributed by atoms with Gasteiger partial charge in [-0.25, -0.2) is 13.6 Å². The molecule has 6 heteroatoms. The lowest BCUT2D eigenvalue weighted by Crippen LogP contribution is -2.39. The highest BCUT2D eigenvalue weighted by atomic mass is 79.9. The van der Waals surface area contributed by atoms with Crippen LogP contribution in [0.2, 0.25) is 0 Å². The minimum atomic E-state index is -2.43. The van der Waals surface area contributed by atoms with Crippen LogP contribution in [-0.4, -0.2) is 24.7 Å². The molecule has 3 nitrogen and oxygen atoms in total. The van der Waals surface area contributed by atoms with Crippen molar-refractivity contribution in [3.63, 3.8) is 0 Å². The van der Waals surface area contributed by atoms with E-state index in [1.807, 2.05) is 0 Å². The Kier molecular flexibility index (Phi) is 4.53. The van der Waals surface area contributed by atoms with Crippen molar-refractivity contribution in [2.75, 3.05) is 11.4 Å². The lowest BCUT2D eigenvalue weighted by atomic mass is 9.81. The number of rotatable bonds is 2. The Morgan fingerprint density at radius 2 is 2.09 bits per heavy atom. The first kappa shape index (κ1) is 17.2. The lowest BCUT2D eigenvalue weighted by Gasteiger charge is -2.27. The van der Waals surface area contributed by atoms with Crippen molar-refractivity contribution in [2.45, 2.75) is 51.6 Å². The fraction of sp³-hybridized carbons (Fsp3) is 0.562. The Labute approximate surface area is 137 Å². The maximum absolute atomic E-state index is 13.0. The maximum Gasteiger partial charge on any atom is 0.414 e. The second kappa shape index (κ2) is 5.80. The number of hydrogen-bond acceptors (Lipinski definition) is 2. The van der Waals surface area contributed by atoms with Gasteiger partial charge in [-0.3, -0.25) is 4.90 Å². The average molecular weight is 376 g/mol. The number of amides is 1. The van der Waals surface area contributed by atoms with Gasteiger partial charge in [0.25, 0.3) is 0 Å². The fourth-order valence-corrected chi connectivity index (χ4v) is 3.36. The molecule has 0 N–H and O–H groups in total. The molecule has 0 radical (unpaired) electrons. The maximum atomic E-state index is 13.0. The van der Waals surface area contributed by atoms with Gasteiger partial charge in [0.05, 0.1) is 5.69 Å². The molecule has 1 aliphatic heterocycles. The van der Waals surface area contributed by atoms with Gasteiger partial charge in [-0.1, -0.05) is 19.1 Å². The second-order valence-corrected chi connectivity index (χ2v) is 7.71. The molecule has 2 rings (SSSR count). The predicted octanol–water partition coefficient (Wildman–Crippen LogP) is 5.12. The number of ether oxygens (including phenoxy) is 1. The lowest BCUT2D eigenvalue weighted by molar-refractivity contribution is 0.0568. The summed E-state index contributed by atoms with van der Waals surface area (Å²) in [6.07, 6.45) is -3.25. The van der Waals surface area contributed by atoms with E-state index in [-0.39, 0.29) is 13.0 Å². The van der Waals surface area contributed by atoms with Crippen LogP contribution < -0.4 is 4.90 Å². The topological polar surface area (TPSA) is 29.5 Å². The molecule has 0 saturated carbocycles. The zero-order chi connectivity index (χ0) is 16.7. The molecule has 0 fully saturated rings. The molecular formula is C16H20BrF2NO2. The normalized spacial score (nSPS) is 21.2. The number of nitrogens with zero attached hydrogens (tertiary/aromatic N) is 1. The number of anilines is 1. The van der Waals surface area contributed by atoms with E-state index in [9.17, 15) is 13.6 Å². The predicted molar refractivity (Wildman–Crippen MR) is 85.7 cm³/mol. The Balaban J connectivity index is 2.42. The molecule has 22 heavy (non-hydrogen) atoms. The van der Waals surface area contributed by atoms with Gasteiger partial charge in [0.2, 0.25) is 6.43 Å². The molecule has 0 aromatic heterocycles. The number of carbonyl (C=O) groups excluding carboxylic acids is 1. The number of benzene rings is 1. The first-order valence-corrected chi connectivity index (χ1v) is 7.90. The summed E-state index contributed by atoms with van der Waals surface area (Å²) in [6, 6.07) is 5.39. The number of halogens is 3. The molecule has 0 bridgehead atoms. The molecular weight excluding hydrogens is 356 g/mol. The zero-order valence-electron chi connectivity index (χ0n) is 13.1. The van der Waals surface area contributed by atoms with Crippen molar-refractivity contribution in [1.82, 2.24) is 0 Å². The smallest absolute Gasteiger partial charge is 0.414 e. The molecule has 1 amide bonds. The monoisotopic (exact) mass is 375 g/mol. The van der Waals surface area contributed by atoms with Crippen molar-refractivity contribution < 1.29 is 18.3 Å².